The second-order valence-electron chi connectivity index (χ2n) is 9.29. The zero-order valence-electron chi connectivity index (χ0n) is 19.7. The number of amides is 1. The summed E-state index contributed by atoms with van der Waals surface area (Å²) >= 11 is 0. The van der Waals surface area contributed by atoms with Crippen molar-refractivity contribution in [1.82, 2.24) is 19.4 Å². The Kier molecular flexibility index (Phi) is 5.82. The topological polar surface area (TPSA) is 109 Å². The van der Waals surface area contributed by atoms with Crippen molar-refractivity contribution in [3.8, 4) is 22.4 Å². The van der Waals surface area contributed by atoms with Gasteiger partial charge < -0.3 is 20.1 Å². The SMILES string of the molecule is Cn1c(-c2ccc(C3(NC(=O)O)CC(O)C3)cc2)c(-c2ccccc2)c2c(=O)n(CC(F)(F)F)cnc21. The number of aromatic nitrogens is 3. The average molecular weight is 512 g/mol. The molecule has 2 heterocycles. The van der Waals surface area contributed by atoms with Gasteiger partial charge in [0.1, 0.15) is 18.5 Å². The maximum atomic E-state index is 13.3. The van der Waals surface area contributed by atoms with Crippen LogP contribution in [0.5, 0.6) is 0 Å². The fourth-order valence-corrected chi connectivity index (χ4v) is 5.18. The molecule has 11 heteroatoms. The first kappa shape index (κ1) is 24.6. The molecule has 0 unspecified atom stereocenters. The molecule has 1 saturated carbocycles. The number of aliphatic hydroxyl groups excluding tert-OH is 1. The molecule has 1 aliphatic carbocycles. The number of halogens is 3. The molecular weight excluding hydrogens is 489 g/mol. The van der Waals surface area contributed by atoms with Gasteiger partial charge in [-0.05, 0) is 16.7 Å². The van der Waals surface area contributed by atoms with E-state index in [1.54, 1.807) is 66.2 Å². The molecule has 2 aromatic heterocycles. The lowest BCUT2D eigenvalue weighted by Crippen LogP contribution is -2.56. The van der Waals surface area contributed by atoms with E-state index in [1.807, 2.05) is 0 Å². The summed E-state index contributed by atoms with van der Waals surface area (Å²) in [6.45, 7) is -1.45. The van der Waals surface area contributed by atoms with Crippen LogP contribution >= 0.6 is 0 Å². The van der Waals surface area contributed by atoms with E-state index in [4.69, 9.17) is 0 Å². The number of carboxylic acid groups (broad SMARTS) is 1. The second-order valence-corrected chi connectivity index (χ2v) is 9.29. The molecule has 192 valence electrons. The van der Waals surface area contributed by atoms with Crippen LogP contribution in [0.15, 0.2) is 65.7 Å². The first-order valence-corrected chi connectivity index (χ1v) is 11.5. The number of alkyl halides is 3. The highest BCUT2D eigenvalue weighted by Crippen LogP contribution is 2.43. The van der Waals surface area contributed by atoms with E-state index in [2.05, 4.69) is 10.3 Å². The van der Waals surface area contributed by atoms with E-state index in [9.17, 15) is 33.0 Å². The molecule has 0 saturated heterocycles. The minimum atomic E-state index is -4.59. The first-order chi connectivity index (χ1) is 17.5. The Morgan fingerprint density at radius 1 is 1.11 bits per heavy atom. The molecular formula is C26H23F3N4O4. The number of aliphatic hydroxyl groups is 1. The summed E-state index contributed by atoms with van der Waals surface area (Å²) in [5.41, 5.74) is 1.55. The van der Waals surface area contributed by atoms with Crippen LogP contribution in [0.4, 0.5) is 18.0 Å². The van der Waals surface area contributed by atoms with Crippen molar-refractivity contribution < 1.29 is 28.2 Å². The van der Waals surface area contributed by atoms with Gasteiger partial charge in [-0.3, -0.25) is 9.36 Å². The van der Waals surface area contributed by atoms with Crippen LogP contribution in [0.3, 0.4) is 0 Å². The predicted octanol–water partition coefficient (Wildman–Crippen LogP) is 4.25. The van der Waals surface area contributed by atoms with E-state index < -0.39 is 36.0 Å². The first-order valence-electron chi connectivity index (χ1n) is 11.5. The summed E-state index contributed by atoms with van der Waals surface area (Å²) in [7, 11) is 1.69. The Hall–Kier alpha value is -4.12. The lowest BCUT2D eigenvalue weighted by atomic mass is 9.69. The van der Waals surface area contributed by atoms with Crippen molar-refractivity contribution in [3.63, 3.8) is 0 Å². The zero-order chi connectivity index (χ0) is 26.5. The molecule has 0 atom stereocenters. The Morgan fingerprint density at radius 2 is 1.76 bits per heavy atom. The van der Waals surface area contributed by atoms with E-state index in [0.717, 1.165) is 6.33 Å². The summed E-state index contributed by atoms with van der Waals surface area (Å²) < 4.78 is 41.6. The standard InChI is InChI=1S/C26H23F3N4O4/c1-32-21(16-7-9-17(10-8-16)25(31-24(36)37)11-18(34)12-25)19(15-5-3-2-4-6-15)20-22(32)30-14-33(23(20)35)13-26(27,28)29/h2-10,14,18,31,34H,11-13H2,1H3,(H,36,37). The van der Waals surface area contributed by atoms with Crippen molar-refractivity contribution in [3.05, 3.63) is 76.8 Å². The summed E-state index contributed by atoms with van der Waals surface area (Å²) in [4.78, 5) is 28.8. The molecule has 8 nitrogen and oxygen atoms in total. The fraction of sp³-hybridized carbons (Fsp3) is 0.269. The number of aryl methyl sites for hydroxylation is 1. The Bertz CT molecular complexity index is 1540. The number of fused-ring (bicyclic) bond motifs is 1. The van der Waals surface area contributed by atoms with Gasteiger partial charge in [-0.1, -0.05) is 54.6 Å². The number of hydrogen-bond acceptors (Lipinski definition) is 4. The number of nitrogens with zero attached hydrogens (tertiary/aromatic N) is 3. The molecule has 0 aliphatic heterocycles. The fourth-order valence-electron chi connectivity index (χ4n) is 5.18. The van der Waals surface area contributed by atoms with Crippen LogP contribution in [0.2, 0.25) is 0 Å². The minimum Gasteiger partial charge on any atom is -0.465 e. The highest BCUT2D eigenvalue weighted by Gasteiger charge is 2.46. The van der Waals surface area contributed by atoms with E-state index in [-0.39, 0.29) is 23.9 Å². The van der Waals surface area contributed by atoms with Crippen LogP contribution in [-0.2, 0) is 19.1 Å². The molecule has 0 spiro atoms. The monoisotopic (exact) mass is 512 g/mol. The highest BCUT2D eigenvalue weighted by atomic mass is 19.4. The predicted molar refractivity (Wildman–Crippen MR) is 130 cm³/mol. The van der Waals surface area contributed by atoms with Crippen LogP contribution < -0.4 is 10.9 Å². The molecule has 4 aromatic rings. The highest BCUT2D eigenvalue weighted by molar-refractivity contribution is 6.02. The summed E-state index contributed by atoms with van der Waals surface area (Å²) in [5, 5.41) is 21.7. The zero-order valence-corrected chi connectivity index (χ0v) is 19.7. The Labute approximate surface area is 208 Å². The summed E-state index contributed by atoms with van der Waals surface area (Å²) in [6.07, 6.45) is -5.01. The smallest absolute Gasteiger partial charge is 0.406 e. The molecule has 5 rings (SSSR count). The van der Waals surface area contributed by atoms with Crippen LogP contribution in [0.25, 0.3) is 33.4 Å². The van der Waals surface area contributed by atoms with Gasteiger partial charge in [-0.25, -0.2) is 9.78 Å². The lowest BCUT2D eigenvalue weighted by molar-refractivity contribution is -0.141. The largest absolute Gasteiger partial charge is 0.465 e. The number of hydrogen-bond donors (Lipinski definition) is 3. The van der Waals surface area contributed by atoms with E-state index in [0.29, 0.717) is 32.5 Å². The van der Waals surface area contributed by atoms with Crippen LogP contribution in [0.1, 0.15) is 18.4 Å². The maximum Gasteiger partial charge on any atom is 0.406 e. The molecule has 2 aromatic carbocycles. The number of benzene rings is 2. The lowest BCUT2D eigenvalue weighted by Gasteiger charge is -2.45. The van der Waals surface area contributed by atoms with Gasteiger partial charge in [0.25, 0.3) is 5.56 Å². The van der Waals surface area contributed by atoms with Crippen LogP contribution in [0, 0.1) is 0 Å². The number of rotatable bonds is 5. The number of carbonyl (C=O) groups is 1. The molecule has 37 heavy (non-hydrogen) atoms. The third-order valence-electron chi connectivity index (χ3n) is 6.80. The van der Waals surface area contributed by atoms with E-state index in [1.165, 1.54) is 0 Å². The van der Waals surface area contributed by atoms with E-state index >= 15 is 0 Å². The Morgan fingerprint density at radius 3 is 2.32 bits per heavy atom. The molecule has 3 N–H and O–H groups in total. The number of nitrogens with one attached hydrogen (secondary N) is 1. The summed E-state index contributed by atoms with van der Waals surface area (Å²) in [6, 6.07) is 15.9. The molecule has 1 amide bonds. The van der Waals surface area contributed by atoms with Gasteiger partial charge in [0.15, 0.2) is 0 Å². The molecule has 0 bridgehead atoms. The van der Waals surface area contributed by atoms with Gasteiger partial charge in [0.2, 0.25) is 0 Å². The summed E-state index contributed by atoms with van der Waals surface area (Å²) in [5.74, 6) is 0. The minimum absolute atomic E-state index is 0.0747. The van der Waals surface area contributed by atoms with Crippen molar-refractivity contribution >= 4 is 17.1 Å². The molecule has 0 radical (unpaired) electrons. The Balaban J connectivity index is 1.69. The normalized spacial score (nSPS) is 19.5. The quantitative estimate of drug-likeness (QED) is 0.371. The average Bonchev–Trinajstić information content (AvgIpc) is 3.12. The van der Waals surface area contributed by atoms with Gasteiger partial charge in [0.05, 0.1) is 22.7 Å². The van der Waals surface area contributed by atoms with Crippen molar-refractivity contribution in [2.75, 3.05) is 0 Å². The van der Waals surface area contributed by atoms with Gasteiger partial charge in [-0.2, -0.15) is 13.2 Å². The van der Waals surface area contributed by atoms with Gasteiger partial charge in [0, 0.05) is 25.5 Å². The maximum absolute atomic E-state index is 13.3. The molecule has 1 aliphatic rings. The van der Waals surface area contributed by atoms with Crippen LogP contribution in [-0.4, -0.2) is 42.7 Å². The van der Waals surface area contributed by atoms with Crippen molar-refractivity contribution in [2.45, 2.75) is 37.2 Å². The van der Waals surface area contributed by atoms with Crippen molar-refractivity contribution in [2.24, 2.45) is 7.05 Å². The van der Waals surface area contributed by atoms with Crippen molar-refractivity contribution in [1.29, 1.82) is 0 Å². The molecule has 1 fully saturated rings. The third-order valence-corrected chi connectivity index (χ3v) is 6.80. The second kappa shape index (κ2) is 8.77. The van der Waals surface area contributed by atoms with Gasteiger partial charge in [-0.15, -0.1) is 0 Å². The van der Waals surface area contributed by atoms with Gasteiger partial charge >= 0.3 is 12.3 Å². The third kappa shape index (κ3) is 4.35.